The van der Waals surface area contributed by atoms with Gasteiger partial charge in [0.25, 0.3) is 0 Å². The molecule has 0 bridgehead atoms. The van der Waals surface area contributed by atoms with Crippen LogP contribution < -0.4 is 5.32 Å². The minimum atomic E-state index is -0.552. The lowest BCUT2D eigenvalue weighted by molar-refractivity contribution is 0.0483. The summed E-state index contributed by atoms with van der Waals surface area (Å²) in [7, 11) is 1.99. The quantitative estimate of drug-likeness (QED) is 0.912. The van der Waals surface area contributed by atoms with Crippen molar-refractivity contribution < 1.29 is 14.6 Å². The number of aliphatic hydroxyl groups excluding tert-OH is 1. The van der Waals surface area contributed by atoms with Gasteiger partial charge in [-0.1, -0.05) is 18.2 Å². The van der Waals surface area contributed by atoms with Gasteiger partial charge in [-0.25, -0.2) is 4.79 Å². The smallest absolute Gasteiger partial charge is 0.407 e. The normalized spacial score (nSPS) is 13.1. The molecule has 1 atom stereocenters. The van der Waals surface area contributed by atoms with E-state index >= 15 is 0 Å². The molecule has 1 aromatic carbocycles. The first kappa shape index (κ1) is 16.4. The molecule has 0 aliphatic heterocycles. The van der Waals surface area contributed by atoms with Crippen LogP contribution in [0.25, 0.3) is 10.9 Å². The van der Waals surface area contributed by atoms with Gasteiger partial charge >= 0.3 is 6.09 Å². The molecule has 2 rings (SSSR count). The fourth-order valence-corrected chi connectivity index (χ4v) is 2.49. The van der Waals surface area contributed by atoms with Gasteiger partial charge in [0.05, 0.1) is 12.6 Å². The lowest BCUT2D eigenvalue weighted by Crippen LogP contribution is -2.42. The number of carbonyl (C=O) groups excluding carboxylic acids is 1. The molecule has 0 saturated heterocycles. The third kappa shape index (κ3) is 4.01. The standard InChI is InChI=1S/C17H24N2O3/c1-17(2,3)22-16(21)18-13(11-20)9-12-10-19(4)15-8-6-5-7-14(12)15/h5-8,10,13,20H,9,11H2,1-4H3,(H,18,21). The molecule has 2 aromatic rings. The summed E-state index contributed by atoms with van der Waals surface area (Å²) >= 11 is 0. The van der Waals surface area contributed by atoms with Crippen LogP contribution in [0.1, 0.15) is 26.3 Å². The molecule has 2 N–H and O–H groups in total. The number of aromatic nitrogens is 1. The third-order valence-electron chi connectivity index (χ3n) is 3.39. The number of amides is 1. The Bertz CT molecular complexity index is 655. The van der Waals surface area contributed by atoms with E-state index in [0.29, 0.717) is 6.42 Å². The number of hydrogen-bond donors (Lipinski definition) is 2. The maximum atomic E-state index is 11.8. The molecule has 0 radical (unpaired) electrons. The lowest BCUT2D eigenvalue weighted by atomic mass is 10.1. The molecule has 5 heteroatoms. The Morgan fingerprint density at radius 2 is 2.05 bits per heavy atom. The maximum absolute atomic E-state index is 11.8. The second-order valence-corrected chi connectivity index (χ2v) is 6.51. The Balaban J connectivity index is 2.11. The average Bonchev–Trinajstić information content (AvgIpc) is 2.73. The highest BCUT2D eigenvalue weighted by Crippen LogP contribution is 2.21. The SMILES string of the molecule is Cn1cc(CC(CO)NC(=O)OC(C)(C)C)c2ccccc21. The Morgan fingerprint density at radius 1 is 1.36 bits per heavy atom. The summed E-state index contributed by atoms with van der Waals surface area (Å²) in [6.07, 6.45) is 2.08. The monoisotopic (exact) mass is 304 g/mol. The van der Waals surface area contributed by atoms with Crippen molar-refractivity contribution in [3.8, 4) is 0 Å². The molecule has 120 valence electrons. The summed E-state index contributed by atoms with van der Waals surface area (Å²) in [4.78, 5) is 11.8. The second-order valence-electron chi connectivity index (χ2n) is 6.51. The minimum absolute atomic E-state index is 0.136. The van der Waals surface area contributed by atoms with Crippen molar-refractivity contribution in [1.29, 1.82) is 0 Å². The van der Waals surface area contributed by atoms with Crippen molar-refractivity contribution in [2.24, 2.45) is 7.05 Å². The second kappa shape index (κ2) is 6.40. The van der Waals surface area contributed by atoms with E-state index < -0.39 is 11.7 Å². The van der Waals surface area contributed by atoms with Gasteiger partial charge in [-0.2, -0.15) is 0 Å². The minimum Gasteiger partial charge on any atom is -0.444 e. The average molecular weight is 304 g/mol. The van der Waals surface area contributed by atoms with Crippen LogP contribution in [0, 0.1) is 0 Å². The maximum Gasteiger partial charge on any atom is 0.407 e. The molecule has 0 aliphatic rings. The van der Waals surface area contributed by atoms with Crippen molar-refractivity contribution >= 4 is 17.0 Å². The molecule has 1 amide bonds. The number of carbonyl (C=O) groups is 1. The number of ether oxygens (including phenoxy) is 1. The van der Waals surface area contributed by atoms with Crippen LogP contribution in [-0.4, -0.2) is 34.0 Å². The molecular weight excluding hydrogens is 280 g/mol. The van der Waals surface area contributed by atoms with Gasteiger partial charge in [-0.3, -0.25) is 0 Å². The molecular formula is C17H24N2O3. The summed E-state index contributed by atoms with van der Waals surface area (Å²) in [6.45, 7) is 5.30. The van der Waals surface area contributed by atoms with E-state index in [1.165, 1.54) is 0 Å². The molecule has 0 spiro atoms. The Morgan fingerprint density at radius 3 is 2.68 bits per heavy atom. The van der Waals surface area contributed by atoms with Gasteiger partial charge in [0.2, 0.25) is 0 Å². The van der Waals surface area contributed by atoms with Gasteiger partial charge in [0, 0.05) is 24.1 Å². The molecule has 22 heavy (non-hydrogen) atoms. The van der Waals surface area contributed by atoms with Crippen molar-refractivity contribution in [3.05, 3.63) is 36.0 Å². The zero-order chi connectivity index (χ0) is 16.3. The molecule has 0 fully saturated rings. The highest BCUT2D eigenvalue weighted by molar-refractivity contribution is 5.84. The molecule has 5 nitrogen and oxygen atoms in total. The van der Waals surface area contributed by atoms with Crippen LogP contribution in [0.2, 0.25) is 0 Å². The molecule has 0 aliphatic carbocycles. The number of fused-ring (bicyclic) bond motifs is 1. The van der Waals surface area contributed by atoms with Crippen molar-refractivity contribution in [1.82, 2.24) is 9.88 Å². The number of aryl methyl sites for hydroxylation is 1. The summed E-state index contributed by atoms with van der Waals surface area (Å²) in [5, 5.41) is 13.4. The first-order valence-corrected chi connectivity index (χ1v) is 7.43. The predicted octanol–water partition coefficient (Wildman–Crippen LogP) is 2.61. The van der Waals surface area contributed by atoms with Gasteiger partial charge in [-0.15, -0.1) is 0 Å². The van der Waals surface area contributed by atoms with Crippen LogP contribution in [-0.2, 0) is 18.2 Å². The largest absolute Gasteiger partial charge is 0.444 e. The third-order valence-corrected chi connectivity index (χ3v) is 3.39. The fourth-order valence-electron chi connectivity index (χ4n) is 2.49. The summed E-state index contributed by atoms with van der Waals surface area (Å²) < 4.78 is 7.28. The van der Waals surface area contributed by atoms with Crippen molar-refractivity contribution in [2.45, 2.75) is 38.8 Å². The van der Waals surface area contributed by atoms with Gasteiger partial charge in [-0.05, 0) is 38.8 Å². The number of nitrogens with zero attached hydrogens (tertiary/aromatic N) is 1. The molecule has 1 aromatic heterocycles. The number of para-hydroxylation sites is 1. The van der Waals surface area contributed by atoms with E-state index in [9.17, 15) is 9.90 Å². The zero-order valence-electron chi connectivity index (χ0n) is 13.6. The van der Waals surface area contributed by atoms with Gasteiger partial charge in [0.1, 0.15) is 5.60 Å². The first-order valence-electron chi connectivity index (χ1n) is 7.43. The van der Waals surface area contributed by atoms with Crippen LogP contribution >= 0.6 is 0 Å². The molecule has 0 saturated carbocycles. The van der Waals surface area contributed by atoms with Crippen molar-refractivity contribution in [2.75, 3.05) is 6.61 Å². The summed E-state index contributed by atoms with van der Waals surface area (Å²) in [5.41, 5.74) is 1.67. The fraction of sp³-hybridized carbons (Fsp3) is 0.471. The van der Waals surface area contributed by atoms with Crippen LogP contribution in [0.3, 0.4) is 0 Å². The van der Waals surface area contributed by atoms with E-state index in [1.807, 2.05) is 62.8 Å². The number of benzene rings is 1. The number of hydrogen-bond acceptors (Lipinski definition) is 3. The molecule has 1 heterocycles. The number of alkyl carbamates (subject to hydrolysis) is 1. The van der Waals surface area contributed by atoms with Crippen molar-refractivity contribution in [3.63, 3.8) is 0 Å². The summed E-state index contributed by atoms with van der Waals surface area (Å²) in [5.74, 6) is 0. The number of nitrogens with one attached hydrogen (secondary N) is 1. The Labute approximate surface area is 130 Å². The van der Waals surface area contributed by atoms with Gasteiger partial charge < -0.3 is 19.7 Å². The highest BCUT2D eigenvalue weighted by atomic mass is 16.6. The molecule has 1 unspecified atom stereocenters. The van der Waals surface area contributed by atoms with Crippen LogP contribution in [0.5, 0.6) is 0 Å². The van der Waals surface area contributed by atoms with E-state index in [4.69, 9.17) is 4.74 Å². The van der Waals surface area contributed by atoms with E-state index in [1.54, 1.807) is 0 Å². The van der Waals surface area contributed by atoms with E-state index in [-0.39, 0.29) is 12.6 Å². The van der Waals surface area contributed by atoms with Crippen LogP contribution in [0.15, 0.2) is 30.5 Å². The lowest BCUT2D eigenvalue weighted by Gasteiger charge is -2.22. The number of aliphatic hydroxyl groups is 1. The highest BCUT2D eigenvalue weighted by Gasteiger charge is 2.20. The zero-order valence-corrected chi connectivity index (χ0v) is 13.6. The van der Waals surface area contributed by atoms with E-state index in [0.717, 1.165) is 16.5 Å². The summed E-state index contributed by atoms with van der Waals surface area (Å²) in [6, 6.07) is 7.71. The topological polar surface area (TPSA) is 63.5 Å². The Hall–Kier alpha value is -2.01. The Kier molecular flexibility index (Phi) is 4.76. The number of rotatable bonds is 4. The predicted molar refractivity (Wildman–Crippen MR) is 86.9 cm³/mol. The first-order chi connectivity index (χ1) is 10.3. The van der Waals surface area contributed by atoms with Gasteiger partial charge in [0.15, 0.2) is 0 Å². The van der Waals surface area contributed by atoms with Crippen LogP contribution in [0.4, 0.5) is 4.79 Å². The van der Waals surface area contributed by atoms with E-state index in [2.05, 4.69) is 5.32 Å².